The lowest BCUT2D eigenvalue weighted by molar-refractivity contribution is -0.136. The molecule has 0 saturated heterocycles. The molecule has 0 radical (unpaired) electrons. The van der Waals surface area contributed by atoms with Crippen LogP contribution in [0.15, 0.2) is 23.7 Å². The van der Waals surface area contributed by atoms with Gasteiger partial charge in [0.05, 0.1) is 16.8 Å². The van der Waals surface area contributed by atoms with Gasteiger partial charge in [0.25, 0.3) is 0 Å². The van der Waals surface area contributed by atoms with E-state index in [1.165, 1.54) is 11.6 Å². The summed E-state index contributed by atoms with van der Waals surface area (Å²) in [5.74, 6) is -1.32. The predicted molar refractivity (Wildman–Crippen MR) is 68.8 cm³/mol. The number of carboxylic acids is 1. The third-order valence-electron chi connectivity index (χ3n) is 2.31. The van der Waals surface area contributed by atoms with E-state index in [1.54, 1.807) is 0 Å². The van der Waals surface area contributed by atoms with E-state index in [0.29, 0.717) is 0 Å². The summed E-state index contributed by atoms with van der Waals surface area (Å²) >= 11 is 6.45. The van der Waals surface area contributed by atoms with Crippen molar-refractivity contribution in [2.75, 3.05) is 5.32 Å². The van der Waals surface area contributed by atoms with Gasteiger partial charge in [0.15, 0.2) is 5.69 Å². The smallest absolute Gasteiger partial charge is 0.418 e. The maximum atomic E-state index is 12.9. The average Bonchev–Trinajstić information content (AvgIpc) is 2.78. The van der Waals surface area contributed by atoms with Crippen molar-refractivity contribution in [3.63, 3.8) is 0 Å². The lowest BCUT2D eigenvalue weighted by atomic mass is 10.1. The molecular formula is C11H6ClF3N2O2S. The molecular weight excluding hydrogens is 317 g/mol. The lowest BCUT2D eigenvalue weighted by Crippen LogP contribution is -2.09. The van der Waals surface area contributed by atoms with Crippen molar-refractivity contribution in [3.8, 4) is 0 Å². The Hall–Kier alpha value is -1.80. The van der Waals surface area contributed by atoms with Crippen molar-refractivity contribution >= 4 is 39.6 Å². The number of nitrogens with one attached hydrogen (secondary N) is 1. The number of hydrogen-bond acceptors (Lipinski definition) is 4. The monoisotopic (exact) mass is 322 g/mol. The Balaban J connectivity index is 2.44. The summed E-state index contributed by atoms with van der Waals surface area (Å²) in [5, 5.41) is 11.3. The molecule has 0 saturated carbocycles. The summed E-state index contributed by atoms with van der Waals surface area (Å²) < 4.78 is 38.7. The first-order chi connectivity index (χ1) is 9.29. The number of carbonyl (C=O) groups is 1. The Morgan fingerprint density at radius 3 is 2.70 bits per heavy atom. The van der Waals surface area contributed by atoms with E-state index in [1.807, 2.05) is 0 Å². The molecule has 0 atom stereocenters. The van der Waals surface area contributed by atoms with Crippen molar-refractivity contribution in [3.05, 3.63) is 40.0 Å². The Bertz CT molecular complexity index is 657. The van der Waals surface area contributed by atoms with Crippen LogP contribution in [0.25, 0.3) is 0 Å². The number of rotatable bonds is 3. The average molecular weight is 323 g/mol. The van der Waals surface area contributed by atoms with Gasteiger partial charge in [-0.1, -0.05) is 11.6 Å². The van der Waals surface area contributed by atoms with Gasteiger partial charge in [-0.25, -0.2) is 9.78 Å². The van der Waals surface area contributed by atoms with E-state index in [-0.39, 0.29) is 21.4 Å². The zero-order valence-corrected chi connectivity index (χ0v) is 11.1. The lowest BCUT2D eigenvalue weighted by Gasteiger charge is -2.14. The van der Waals surface area contributed by atoms with E-state index in [2.05, 4.69) is 10.3 Å². The fourth-order valence-corrected chi connectivity index (χ4v) is 2.33. The number of anilines is 2. The minimum atomic E-state index is -4.61. The quantitative estimate of drug-likeness (QED) is 0.886. The van der Waals surface area contributed by atoms with Gasteiger partial charge in [-0.05, 0) is 18.2 Å². The Kier molecular flexibility index (Phi) is 3.87. The summed E-state index contributed by atoms with van der Waals surface area (Å²) in [4.78, 5) is 14.4. The van der Waals surface area contributed by atoms with Crippen LogP contribution in [0, 0.1) is 0 Å². The molecule has 20 heavy (non-hydrogen) atoms. The van der Waals surface area contributed by atoms with Crippen molar-refractivity contribution < 1.29 is 23.1 Å². The second kappa shape index (κ2) is 5.29. The fourth-order valence-electron chi connectivity index (χ4n) is 1.47. The highest BCUT2D eigenvalue weighted by atomic mass is 35.5. The van der Waals surface area contributed by atoms with Crippen LogP contribution in [0.4, 0.5) is 23.9 Å². The second-order valence-electron chi connectivity index (χ2n) is 3.65. The minimum Gasteiger partial charge on any atom is -0.476 e. The van der Waals surface area contributed by atoms with Gasteiger partial charge in [-0.3, -0.25) is 0 Å². The first-order valence-corrected chi connectivity index (χ1v) is 6.35. The van der Waals surface area contributed by atoms with Crippen LogP contribution in [0.1, 0.15) is 16.1 Å². The number of nitrogens with zero attached hydrogens (tertiary/aromatic N) is 1. The first kappa shape index (κ1) is 14.6. The van der Waals surface area contributed by atoms with Crippen molar-refractivity contribution in [1.29, 1.82) is 0 Å². The van der Waals surface area contributed by atoms with Crippen molar-refractivity contribution in [2.45, 2.75) is 6.18 Å². The van der Waals surface area contributed by atoms with Crippen LogP contribution < -0.4 is 5.32 Å². The second-order valence-corrected chi connectivity index (χ2v) is 4.94. The molecule has 0 aliphatic carbocycles. The first-order valence-electron chi connectivity index (χ1n) is 5.09. The van der Waals surface area contributed by atoms with E-state index in [9.17, 15) is 18.0 Å². The van der Waals surface area contributed by atoms with E-state index in [0.717, 1.165) is 23.5 Å². The number of aromatic carboxylic acids is 1. The third kappa shape index (κ3) is 3.02. The van der Waals surface area contributed by atoms with E-state index in [4.69, 9.17) is 16.7 Å². The number of aromatic nitrogens is 1. The summed E-state index contributed by atoms with van der Waals surface area (Å²) in [6.07, 6.45) is -4.61. The van der Waals surface area contributed by atoms with Crippen LogP contribution in [-0.2, 0) is 6.18 Å². The van der Waals surface area contributed by atoms with Crippen LogP contribution in [0.2, 0.25) is 5.02 Å². The number of carboxylic acid groups (broad SMARTS) is 1. The zero-order valence-electron chi connectivity index (χ0n) is 9.53. The van der Waals surface area contributed by atoms with Crippen LogP contribution in [0.5, 0.6) is 0 Å². The van der Waals surface area contributed by atoms with Crippen LogP contribution in [0.3, 0.4) is 0 Å². The highest BCUT2D eigenvalue weighted by Gasteiger charge is 2.34. The van der Waals surface area contributed by atoms with Crippen LogP contribution in [-0.4, -0.2) is 16.1 Å². The summed E-state index contributed by atoms with van der Waals surface area (Å²) in [6, 6.07) is 3.18. The molecule has 1 aromatic heterocycles. The van der Waals surface area contributed by atoms with E-state index < -0.39 is 17.7 Å². The molecule has 1 aromatic carbocycles. The maximum absolute atomic E-state index is 12.9. The maximum Gasteiger partial charge on any atom is 0.418 e. The molecule has 0 amide bonds. The SMILES string of the molecule is O=C(O)c1ncsc1Nc1ccc(Cl)cc1C(F)(F)F. The highest BCUT2D eigenvalue weighted by Crippen LogP contribution is 2.38. The summed E-state index contributed by atoms with van der Waals surface area (Å²) in [7, 11) is 0. The summed E-state index contributed by atoms with van der Waals surface area (Å²) in [6.45, 7) is 0. The molecule has 2 rings (SSSR count). The molecule has 0 aliphatic rings. The van der Waals surface area contributed by atoms with Gasteiger partial charge >= 0.3 is 12.1 Å². The molecule has 106 valence electrons. The van der Waals surface area contributed by atoms with Crippen molar-refractivity contribution in [2.24, 2.45) is 0 Å². The predicted octanol–water partition coefficient (Wildman–Crippen LogP) is 4.26. The highest BCUT2D eigenvalue weighted by molar-refractivity contribution is 7.14. The Labute approximate surface area is 119 Å². The van der Waals surface area contributed by atoms with Crippen LogP contribution >= 0.6 is 22.9 Å². The van der Waals surface area contributed by atoms with Gasteiger partial charge in [-0.2, -0.15) is 13.2 Å². The normalized spacial score (nSPS) is 11.4. The molecule has 2 aromatic rings. The minimum absolute atomic E-state index is 0.0188. The van der Waals surface area contributed by atoms with Gasteiger partial charge in [0.1, 0.15) is 5.00 Å². The molecule has 4 nitrogen and oxygen atoms in total. The standard InChI is InChI=1S/C11H6ClF3N2O2S/c12-5-1-2-7(6(3-5)11(13,14)15)17-9-8(10(18)19)16-4-20-9/h1-4,17H,(H,18,19). The Morgan fingerprint density at radius 1 is 1.40 bits per heavy atom. The van der Waals surface area contributed by atoms with Gasteiger partial charge in [0.2, 0.25) is 0 Å². The molecule has 0 aliphatic heterocycles. The molecule has 2 N–H and O–H groups in total. The molecule has 0 spiro atoms. The molecule has 9 heteroatoms. The fraction of sp³-hybridized carbons (Fsp3) is 0.0909. The molecule has 0 unspecified atom stereocenters. The summed E-state index contributed by atoms with van der Waals surface area (Å²) in [5.41, 5.74) is -0.365. The number of hydrogen-bond donors (Lipinski definition) is 2. The van der Waals surface area contributed by atoms with Gasteiger partial charge < -0.3 is 10.4 Å². The van der Waals surface area contributed by atoms with Gasteiger partial charge in [-0.15, -0.1) is 11.3 Å². The number of benzene rings is 1. The van der Waals surface area contributed by atoms with Crippen molar-refractivity contribution in [1.82, 2.24) is 4.98 Å². The van der Waals surface area contributed by atoms with E-state index >= 15 is 0 Å². The molecule has 0 bridgehead atoms. The third-order valence-corrected chi connectivity index (χ3v) is 3.28. The number of thiazole rings is 1. The largest absolute Gasteiger partial charge is 0.476 e. The topological polar surface area (TPSA) is 62.2 Å². The number of alkyl halides is 3. The zero-order chi connectivity index (χ0) is 14.9. The van der Waals surface area contributed by atoms with Gasteiger partial charge in [0, 0.05) is 5.02 Å². The Morgan fingerprint density at radius 2 is 2.10 bits per heavy atom. The molecule has 1 heterocycles. The number of halogens is 4. The molecule has 0 fully saturated rings.